The van der Waals surface area contributed by atoms with Crippen LogP contribution < -0.4 is 14.8 Å². The fraction of sp³-hybridized carbons (Fsp3) is 0.471. The van der Waals surface area contributed by atoms with Gasteiger partial charge in [-0.25, -0.2) is 8.42 Å². The summed E-state index contributed by atoms with van der Waals surface area (Å²) in [7, 11) is -3.61. The van der Waals surface area contributed by atoms with Gasteiger partial charge < -0.3 is 14.8 Å². The van der Waals surface area contributed by atoms with Crippen LogP contribution in [0.15, 0.2) is 35.7 Å². The second kappa shape index (κ2) is 7.45. The molecular weight excluding hydrogens is 344 g/mol. The third kappa shape index (κ3) is 3.80. The Morgan fingerprint density at radius 2 is 1.92 bits per heavy atom. The summed E-state index contributed by atoms with van der Waals surface area (Å²) in [5.74, 6) is 0.803. The average Bonchev–Trinajstić information content (AvgIpc) is 2.65. The number of ether oxygens (including phenoxy) is 2. The lowest BCUT2D eigenvalue weighted by molar-refractivity contribution is -0.125. The van der Waals surface area contributed by atoms with Crippen LogP contribution in [-0.4, -0.2) is 51.5 Å². The number of sulfonamides is 1. The molecule has 3 rings (SSSR count). The molecule has 0 atom stereocenters. The van der Waals surface area contributed by atoms with Crippen molar-refractivity contribution >= 4 is 15.9 Å². The summed E-state index contributed by atoms with van der Waals surface area (Å²) < 4.78 is 38.0. The Morgan fingerprint density at radius 1 is 1.24 bits per heavy atom. The second-order valence-electron chi connectivity index (χ2n) is 6.02. The third-order valence-corrected chi connectivity index (χ3v) is 6.29. The minimum absolute atomic E-state index is 0.0451. The smallest absolute Gasteiger partial charge is 0.243 e. The van der Waals surface area contributed by atoms with E-state index in [0.29, 0.717) is 57.2 Å². The lowest BCUT2D eigenvalue weighted by Crippen LogP contribution is -2.43. The molecule has 0 spiro atoms. The minimum Gasteiger partial charge on any atom is -0.486 e. The predicted octanol–water partition coefficient (Wildman–Crippen LogP) is 1.16. The molecule has 2 aliphatic heterocycles. The van der Waals surface area contributed by atoms with Crippen LogP contribution in [0.1, 0.15) is 12.8 Å². The van der Waals surface area contributed by atoms with Gasteiger partial charge in [0.1, 0.15) is 13.2 Å². The van der Waals surface area contributed by atoms with Gasteiger partial charge in [0.15, 0.2) is 11.5 Å². The Labute approximate surface area is 147 Å². The number of benzene rings is 1. The van der Waals surface area contributed by atoms with E-state index in [1.807, 2.05) is 0 Å². The highest BCUT2D eigenvalue weighted by atomic mass is 32.2. The number of fused-ring (bicyclic) bond motifs is 1. The molecule has 1 aromatic carbocycles. The fourth-order valence-corrected chi connectivity index (χ4v) is 4.49. The minimum atomic E-state index is -3.61. The molecule has 2 heterocycles. The van der Waals surface area contributed by atoms with Gasteiger partial charge in [-0.1, -0.05) is 6.08 Å². The maximum Gasteiger partial charge on any atom is 0.243 e. The number of piperidine rings is 1. The van der Waals surface area contributed by atoms with Crippen molar-refractivity contribution in [2.24, 2.45) is 5.92 Å². The van der Waals surface area contributed by atoms with Gasteiger partial charge in [0, 0.05) is 31.6 Å². The van der Waals surface area contributed by atoms with Gasteiger partial charge in [0.2, 0.25) is 15.9 Å². The summed E-state index contributed by atoms with van der Waals surface area (Å²) in [6.45, 7) is 5.50. The molecule has 2 aliphatic rings. The molecule has 1 amide bonds. The third-order valence-electron chi connectivity index (χ3n) is 4.40. The van der Waals surface area contributed by atoms with Crippen LogP contribution in [0.3, 0.4) is 0 Å². The van der Waals surface area contributed by atoms with Crippen LogP contribution in [0.25, 0.3) is 0 Å². The topological polar surface area (TPSA) is 84.9 Å². The van der Waals surface area contributed by atoms with E-state index in [4.69, 9.17) is 9.47 Å². The number of nitrogens with zero attached hydrogens (tertiary/aromatic N) is 1. The zero-order chi connectivity index (χ0) is 17.9. The number of rotatable bonds is 5. The molecule has 7 nitrogen and oxygen atoms in total. The summed E-state index contributed by atoms with van der Waals surface area (Å²) >= 11 is 0. The standard InChI is InChI=1S/C17H22N2O5S/c1-2-7-18-17(20)13-5-8-19(9-6-13)25(21,22)14-3-4-15-16(12-14)24-11-10-23-15/h2-4,12-13H,1,5-11H2,(H,18,20). The molecule has 0 radical (unpaired) electrons. The molecule has 136 valence electrons. The Balaban J connectivity index is 1.68. The first kappa shape index (κ1) is 17.8. The van der Waals surface area contributed by atoms with Crippen LogP contribution in [0, 0.1) is 5.92 Å². The normalized spacial score (nSPS) is 18.6. The molecule has 1 fully saturated rings. The first-order valence-corrected chi connectivity index (χ1v) is 9.75. The number of hydrogen-bond donors (Lipinski definition) is 1. The quantitative estimate of drug-likeness (QED) is 0.791. The van der Waals surface area contributed by atoms with Gasteiger partial charge in [0.25, 0.3) is 0 Å². The Kier molecular flexibility index (Phi) is 5.29. The Hall–Kier alpha value is -2.06. The van der Waals surface area contributed by atoms with Crippen molar-refractivity contribution in [3.05, 3.63) is 30.9 Å². The van der Waals surface area contributed by atoms with Crippen molar-refractivity contribution in [2.75, 3.05) is 32.8 Å². The Bertz CT molecular complexity index is 754. The van der Waals surface area contributed by atoms with Crippen LogP contribution in [0.4, 0.5) is 0 Å². The Morgan fingerprint density at radius 3 is 2.60 bits per heavy atom. The van der Waals surface area contributed by atoms with Crippen molar-refractivity contribution in [3.8, 4) is 11.5 Å². The van der Waals surface area contributed by atoms with E-state index in [-0.39, 0.29) is 16.7 Å². The number of hydrogen-bond acceptors (Lipinski definition) is 5. The van der Waals surface area contributed by atoms with Gasteiger partial charge in [-0.3, -0.25) is 4.79 Å². The molecule has 0 bridgehead atoms. The molecule has 25 heavy (non-hydrogen) atoms. The van der Waals surface area contributed by atoms with Crippen molar-refractivity contribution in [2.45, 2.75) is 17.7 Å². The zero-order valence-electron chi connectivity index (χ0n) is 13.9. The van der Waals surface area contributed by atoms with Crippen molar-refractivity contribution < 1.29 is 22.7 Å². The molecule has 0 saturated carbocycles. The predicted molar refractivity (Wildman–Crippen MR) is 92.1 cm³/mol. The molecule has 8 heteroatoms. The van der Waals surface area contributed by atoms with Crippen LogP contribution in [-0.2, 0) is 14.8 Å². The highest BCUT2D eigenvalue weighted by molar-refractivity contribution is 7.89. The second-order valence-corrected chi connectivity index (χ2v) is 7.96. The molecule has 0 unspecified atom stereocenters. The summed E-state index contributed by atoms with van der Waals surface area (Å²) in [6, 6.07) is 4.66. The van der Waals surface area contributed by atoms with Crippen LogP contribution in [0.2, 0.25) is 0 Å². The van der Waals surface area contributed by atoms with E-state index in [0.717, 1.165) is 0 Å². The number of nitrogens with one attached hydrogen (secondary N) is 1. The SMILES string of the molecule is C=CCNC(=O)C1CCN(S(=O)(=O)c2ccc3c(c2)OCCO3)CC1. The molecule has 1 saturated heterocycles. The summed E-state index contributed by atoms with van der Waals surface area (Å²) in [4.78, 5) is 12.2. The maximum atomic E-state index is 12.8. The molecule has 1 N–H and O–H groups in total. The summed E-state index contributed by atoms with van der Waals surface area (Å²) in [6.07, 6.45) is 2.64. The maximum absolute atomic E-state index is 12.8. The van der Waals surface area contributed by atoms with Gasteiger partial charge in [-0.2, -0.15) is 4.31 Å². The highest BCUT2D eigenvalue weighted by Crippen LogP contribution is 2.34. The van der Waals surface area contributed by atoms with Gasteiger partial charge in [-0.05, 0) is 25.0 Å². The van der Waals surface area contributed by atoms with E-state index in [9.17, 15) is 13.2 Å². The number of amides is 1. The zero-order valence-corrected chi connectivity index (χ0v) is 14.8. The largest absolute Gasteiger partial charge is 0.486 e. The van der Waals surface area contributed by atoms with Crippen molar-refractivity contribution in [1.29, 1.82) is 0 Å². The number of carbonyl (C=O) groups is 1. The van der Waals surface area contributed by atoms with E-state index in [1.165, 1.54) is 16.4 Å². The van der Waals surface area contributed by atoms with Crippen LogP contribution in [0.5, 0.6) is 11.5 Å². The molecular formula is C17H22N2O5S. The highest BCUT2D eigenvalue weighted by Gasteiger charge is 2.32. The molecule has 1 aromatic rings. The van der Waals surface area contributed by atoms with Crippen molar-refractivity contribution in [3.63, 3.8) is 0 Å². The van der Waals surface area contributed by atoms with Crippen molar-refractivity contribution in [1.82, 2.24) is 9.62 Å². The monoisotopic (exact) mass is 366 g/mol. The van der Waals surface area contributed by atoms with Gasteiger partial charge in [-0.15, -0.1) is 6.58 Å². The van der Waals surface area contributed by atoms with E-state index in [1.54, 1.807) is 12.1 Å². The first-order chi connectivity index (χ1) is 12.0. The van der Waals surface area contributed by atoms with Gasteiger partial charge >= 0.3 is 0 Å². The molecule has 0 aliphatic carbocycles. The fourth-order valence-electron chi connectivity index (χ4n) is 3.01. The molecule has 0 aromatic heterocycles. The van der Waals surface area contributed by atoms with E-state index in [2.05, 4.69) is 11.9 Å². The van der Waals surface area contributed by atoms with E-state index < -0.39 is 10.0 Å². The lowest BCUT2D eigenvalue weighted by atomic mass is 9.97. The first-order valence-electron chi connectivity index (χ1n) is 8.31. The van der Waals surface area contributed by atoms with Crippen LogP contribution >= 0.6 is 0 Å². The summed E-state index contributed by atoms with van der Waals surface area (Å²) in [5.41, 5.74) is 0. The summed E-state index contributed by atoms with van der Waals surface area (Å²) in [5, 5.41) is 2.77. The van der Waals surface area contributed by atoms with E-state index >= 15 is 0 Å². The van der Waals surface area contributed by atoms with Gasteiger partial charge in [0.05, 0.1) is 4.90 Å². The lowest BCUT2D eigenvalue weighted by Gasteiger charge is -2.30. The number of carbonyl (C=O) groups excluding carboxylic acids is 1. The average molecular weight is 366 g/mol.